The first-order valence-corrected chi connectivity index (χ1v) is 5.20. The fourth-order valence-electron chi connectivity index (χ4n) is 1.57. The van der Waals surface area contributed by atoms with Crippen LogP contribution in [0.5, 0.6) is 5.75 Å². The molecule has 0 saturated carbocycles. The summed E-state index contributed by atoms with van der Waals surface area (Å²) in [5, 5.41) is 3.85. The first-order valence-electron chi connectivity index (χ1n) is 5.20. The summed E-state index contributed by atoms with van der Waals surface area (Å²) >= 11 is 0. The zero-order valence-electron chi connectivity index (χ0n) is 9.98. The van der Waals surface area contributed by atoms with Gasteiger partial charge in [-0.05, 0) is 12.1 Å². The monoisotopic (exact) mass is 249 g/mol. The number of ketones is 1. The number of nitrogens with two attached hydrogens (primary N) is 1. The fraction of sp³-hybridized carbons (Fsp3) is 0.167. The molecular weight excluding hydrogens is 237 g/mol. The lowest BCUT2D eigenvalue weighted by atomic mass is 10.0. The number of aryl methyl sites for hydroxylation is 1. The predicted octanol–water partition coefficient (Wildman–Crippen LogP) is 1.38. The number of methoxy groups -OCH3 is 1. The van der Waals surface area contributed by atoms with Crippen LogP contribution in [-0.4, -0.2) is 22.7 Å². The second-order valence-electron chi connectivity index (χ2n) is 3.74. The average molecular weight is 249 g/mol. The van der Waals surface area contributed by atoms with Crippen LogP contribution in [0.15, 0.2) is 24.4 Å². The van der Waals surface area contributed by atoms with Crippen molar-refractivity contribution in [3.05, 3.63) is 41.3 Å². The van der Waals surface area contributed by atoms with Gasteiger partial charge in [0.25, 0.3) is 0 Å². The van der Waals surface area contributed by atoms with E-state index >= 15 is 0 Å². The molecule has 0 radical (unpaired) electrons. The molecule has 0 atom stereocenters. The third kappa shape index (κ3) is 1.92. The molecule has 0 saturated heterocycles. The third-order valence-corrected chi connectivity index (χ3v) is 2.65. The van der Waals surface area contributed by atoms with Gasteiger partial charge in [-0.25, -0.2) is 4.39 Å². The van der Waals surface area contributed by atoms with Gasteiger partial charge < -0.3 is 10.5 Å². The van der Waals surface area contributed by atoms with Crippen molar-refractivity contribution in [1.82, 2.24) is 9.78 Å². The minimum absolute atomic E-state index is 0.0597. The Morgan fingerprint density at radius 3 is 2.67 bits per heavy atom. The Morgan fingerprint density at radius 1 is 1.44 bits per heavy atom. The predicted molar refractivity (Wildman–Crippen MR) is 64.0 cm³/mol. The summed E-state index contributed by atoms with van der Waals surface area (Å²) in [6, 6.07) is 4.03. The maximum absolute atomic E-state index is 13.7. The van der Waals surface area contributed by atoms with Crippen molar-refractivity contribution in [3.8, 4) is 5.75 Å². The lowest BCUT2D eigenvalue weighted by Crippen LogP contribution is -2.08. The lowest BCUT2D eigenvalue weighted by Gasteiger charge is -2.04. The minimum atomic E-state index is -0.650. The van der Waals surface area contributed by atoms with Crippen LogP contribution in [0.25, 0.3) is 0 Å². The SMILES string of the molecule is COc1ccc(C(=O)c2cnn(C)c2N)c(F)c1. The number of carbonyl (C=O) groups is 1. The maximum Gasteiger partial charge on any atom is 0.201 e. The number of anilines is 1. The number of nitrogen functional groups attached to an aromatic ring is 1. The van der Waals surface area contributed by atoms with Gasteiger partial charge in [-0.3, -0.25) is 9.48 Å². The van der Waals surface area contributed by atoms with Crippen molar-refractivity contribution in [3.63, 3.8) is 0 Å². The molecule has 18 heavy (non-hydrogen) atoms. The number of aromatic nitrogens is 2. The molecular formula is C12H12FN3O2. The number of nitrogens with zero attached hydrogens (tertiary/aromatic N) is 2. The molecule has 2 N–H and O–H groups in total. The van der Waals surface area contributed by atoms with E-state index in [9.17, 15) is 9.18 Å². The van der Waals surface area contributed by atoms with Crippen LogP contribution in [0.2, 0.25) is 0 Å². The molecule has 5 nitrogen and oxygen atoms in total. The molecule has 2 aromatic rings. The quantitative estimate of drug-likeness (QED) is 0.834. The molecule has 0 amide bonds. The van der Waals surface area contributed by atoms with E-state index in [4.69, 9.17) is 10.5 Å². The first kappa shape index (κ1) is 12.1. The normalized spacial score (nSPS) is 10.4. The Bertz CT molecular complexity index is 607. The van der Waals surface area contributed by atoms with Gasteiger partial charge in [-0.1, -0.05) is 0 Å². The second-order valence-corrected chi connectivity index (χ2v) is 3.74. The largest absolute Gasteiger partial charge is 0.497 e. The molecule has 94 valence electrons. The van der Waals surface area contributed by atoms with Crippen molar-refractivity contribution in [1.29, 1.82) is 0 Å². The summed E-state index contributed by atoms with van der Waals surface area (Å²) < 4.78 is 20.0. The van der Waals surface area contributed by atoms with Crippen LogP contribution in [0.1, 0.15) is 15.9 Å². The van der Waals surface area contributed by atoms with Gasteiger partial charge >= 0.3 is 0 Å². The molecule has 0 aliphatic heterocycles. The van der Waals surface area contributed by atoms with Gasteiger partial charge in [0, 0.05) is 13.1 Å². The molecule has 1 aromatic heterocycles. The van der Waals surface area contributed by atoms with E-state index in [-0.39, 0.29) is 16.9 Å². The topological polar surface area (TPSA) is 70.1 Å². The van der Waals surface area contributed by atoms with Crippen molar-refractivity contribution in [2.24, 2.45) is 7.05 Å². The molecule has 1 heterocycles. The average Bonchev–Trinajstić information content (AvgIpc) is 2.69. The highest BCUT2D eigenvalue weighted by atomic mass is 19.1. The van der Waals surface area contributed by atoms with E-state index in [0.717, 1.165) is 6.07 Å². The molecule has 0 aliphatic carbocycles. The van der Waals surface area contributed by atoms with Crippen LogP contribution in [0, 0.1) is 5.82 Å². The van der Waals surface area contributed by atoms with Crippen molar-refractivity contribution in [2.45, 2.75) is 0 Å². The van der Waals surface area contributed by atoms with Crippen LogP contribution < -0.4 is 10.5 Å². The lowest BCUT2D eigenvalue weighted by molar-refractivity contribution is 0.103. The number of hydrogen-bond donors (Lipinski definition) is 1. The van der Waals surface area contributed by atoms with E-state index in [1.165, 1.54) is 30.1 Å². The Kier molecular flexibility index (Phi) is 3.01. The molecule has 2 rings (SSSR count). The number of hydrogen-bond acceptors (Lipinski definition) is 4. The van der Waals surface area contributed by atoms with Crippen molar-refractivity contribution >= 4 is 11.6 Å². The minimum Gasteiger partial charge on any atom is -0.497 e. The standard InChI is InChI=1S/C12H12FN3O2/c1-16-12(14)9(6-15-16)11(17)8-4-3-7(18-2)5-10(8)13/h3-6H,14H2,1-2H3. The molecule has 6 heteroatoms. The van der Waals surface area contributed by atoms with Crippen LogP contribution in [0.4, 0.5) is 10.2 Å². The van der Waals surface area contributed by atoms with Crippen LogP contribution in [0.3, 0.4) is 0 Å². The highest BCUT2D eigenvalue weighted by molar-refractivity contribution is 6.11. The van der Waals surface area contributed by atoms with Gasteiger partial charge in [0.05, 0.1) is 24.4 Å². The van der Waals surface area contributed by atoms with E-state index in [1.54, 1.807) is 7.05 Å². The maximum atomic E-state index is 13.7. The van der Waals surface area contributed by atoms with Gasteiger partial charge in [-0.15, -0.1) is 0 Å². The first-order chi connectivity index (χ1) is 8.54. The Balaban J connectivity index is 2.43. The molecule has 0 unspecified atom stereocenters. The third-order valence-electron chi connectivity index (χ3n) is 2.65. The molecule has 0 bridgehead atoms. The number of halogens is 1. The molecule has 0 aliphatic rings. The number of rotatable bonds is 3. The zero-order chi connectivity index (χ0) is 13.3. The smallest absolute Gasteiger partial charge is 0.201 e. The van der Waals surface area contributed by atoms with Crippen molar-refractivity contribution in [2.75, 3.05) is 12.8 Å². The summed E-state index contributed by atoms with van der Waals surface area (Å²) in [5.74, 6) is -0.596. The van der Waals surface area contributed by atoms with E-state index < -0.39 is 11.6 Å². The zero-order valence-corrected chi connectivity index (χ0v) is 9.98. The second kappa shape index (κ2) is 4.48. The summed E-state index contributed by atoms with van der Waals surface area (Å²) in [7, 11) is 3.03. The van der Waals surface area contributed by atoms with Gasteiger partial charge in [-0.2, -0.15) is 5.10 Å². The van der Waals surface area contributed by atoms with E-state index in [0.29, 0.717) is 5.75 Å². The summed E-state index contributed by atoms with van der Waals surface area (Å²) in [6.45, 7) is 0. The molecule has 0 spiro atoms. The number of benzene rings is 1. The molecule has 1 aromatic carbocycles. The Morgan fingerprint density at radius 2 is 2.17 bits per heavy atom. The van der Waals surface area contributed by atoms with Gasteiger partial charge in [0.1, 0.15) is 17.4 Å². The van der Waals surface area contributed by atoms with E-state index in [1.807, 2.05) is 0 Å². The summed E-state index contributed by atoms with van der Waals surface area (Å²) in [5.41, 5.74) is 5.80. The van der Waals surface area contributed by atoms with E-state index in [2.05, 4.69) is 5.10 Å². The summed E-state index contributed by atoms with van der Waals surface area (Å²) in [6.07, 6.45) is 1.32. The highest BCUT2D eigenvalue weighted by Crippen LogP contribution is 2.21. The van der Waals surface area contributed by atoms with Gasteiger partial charge in [0.2, 0.25) is 5.78 Å². The Hall–Kier alpha value is -2.37. The Labute approximate surface area is 103 Å². The fourth-order valence-corrected chi connectivity index (χ4v) is 1.57. The molecule has 0 fully saturated rings. The summed E-state index contributed by atoms with van der Waals surface area (Å²) in [4.78, 5) is 12.1. The van der Waals surface area contributed by atoms with Crippen molar-refractivity contribution < 1.29 is 13.9 Å². The van der Waals surface area contributed by atoms with Crippen LogP contribution in [-0.2, 0) is 7.05 Å². The highest BCUT2D eigenvalue weighted by Gasteiger charge is 2.19. The van der Waals surface area contributed by atoms with Crippen LogP contribution >= 0.6 is 0 Å². The number of carbonyl (C=O) groups excluding carboxylic acids is 1. The van der Waals surface area contributed by atoms with Gasteiger partial charge in [0.15, 0.2) is 0 Å². The number of ether oxygens (including phenoxy) is 1.